The number of hydrogen-bond acceptors (Lipinski definition) is 3. The molecule has 25 heavy (non-hydrogen) atoms. The van der Waals surface area contributed by atoms with Gasteiger partial charge in [-0.15, -0.1) is 0 Å². The summed E-state index contributed by atoms with van der Waals surface area (Å²) in [5.74, 6) is -0.546. The maximum absolute atomic E-state index is 12.2. The topological polar surface area (TPSA) is 64.9 Å². The molecule has 0 aliphatic rings. The Kier molecular flexibility index (Phi) is 6.88. The van der Waals surface area contributed by atoms with Gasteiger partial charge < -0.3 is 10.6 Å². The van der Waals surface area contributed by atoms with Crippen LogP contribution in [0.4, 0.5) is 5.69 Å². The third-order valence-electron chi connectivity index (χ3n) is 3.61. The molecule has 0 saturated heterocycles. The van der Waals surface area contributed by atoms with Gasteiger partial charge in [0.05, 0.1) is 15.7 Å². The fraction of sp³-hybridized carbons (Fsp3) is 0.158. The van der Waals surface area contributed by atoms with Crippen LogP contribution in [0.5, 0.6) is 0 Å². The highest BCUT2D eigenvalue weighted by Crippen LogP contribution is 2.29. The fourth-order valence-electron chi connectivity index (χ4n) is 2.21. The van der Waals surface area contributed by atoms with E-state index in [0.717, 1.165) is 6.42 Å². The lowest BCUT2D eigenvalue weighted by Gasteiger charge is -2.08. The van der Waals surface area contributed by atoms with Crippen molar-refractivity contribution in [3.05, 3.63) is 75.4 Å². The number of carbonyl (C=O) groups is 1. The van der Waals surface area contributed by atoms with E-state index in [1.54, 1.807) is 18.2 Å². The number of anilines is 1. The van der Waals surface area contributed by atoms with E-state index < -0.39 is 5.91 Å². The van der Waals surface area contributed by atoms with Gasteiger partial charge in [0.25, 0.3) is 5.91 Å². The number of nitriles is 1. The van der Waals surface area contributed by atoms with Gasteiger partial charge in [-0.25, -0.2) is 0 Å². The molecule has 0 aromatic heterocycles. The quantitative estimate of drug-likeness (QED) is 0.445. The Balaban J connectivity index is 1.95. The Hall–Kier alpha value is -2.48. The van der Waals surface area contributed by atoms with Crippen LogP contribution in [0.3, 0.4) is 0 Å². The molecule has 2 aromatic rings. The van der Waals surface area contributed by atoms with Gasteiger partial charge in [-0.3, -0.25) is 4.79 Å². The average Bonchev–Trinajstić information content (AvgIpc) is 2.60. The molecule has 6 heteroatoms. The van der Waals surface area contributed by atoms with Gasteiger partial charge in [0, 0.05) is 12.7 Å². The van der Waals surface area contributed by atoms with Crippen molar-refractivity contribution in [3.63, 3.8) is 0 Å². The van der Waals surface area contributed by atoms with E-state index in [2.05, 4.69) is 16.7 Å². The van der Waals surface area contributed by atoms with Gasteiger partial charge in [-0.1, -0.05) is 53.5 Å². The number of aryl methyl sites for hydroxylation is 1. The van der Waals surface area contributed by atoms with E-state index in [4.69, 9.17) is 23.2 Å². The zero-order valence-corrected chi connectivity index (χ0v) is 15.2. The van der Waals surface area contributed by atoms with Gasteiger partial charge >= 0.3 is 0 Å². The van der Waals surface area contributed by atoms with Crippen molar-refractivity contribution >= 4 is 34.8 Å². The van der Waals surface area contributed by atoms with Gasteiger partial charge in [0.1, 0.15) is 11.6 Å². The lowest BCUT2D eigenvalue weighted by Crippen LogP contribution is -2.18. The van der Waals surface area contributed by atoms with Crippen LogP contribution < -0.4 is 10.6 Å². The summed E-state index contributed by atoms with van der Waals surface area (Å²) in [6.45, 7) is 2.66. The SMILES string of the molecule is Cc1ccccc1CCN/C=C(/C#N)C(=O)Nc1cccc(Cl)c1Cl. The zero-order chi connectivity index (χ0) is 18.2. The fourth-order valence-corrected chi connectivity index (χ4v) is 2.56. The minimum absolute atomic E-state index is 0.0409. The van der Waals surface area contributed by atoms with Crippen LogP contribution >= 0.6 is 23.2 Å². The Morgan fingerprint density at radius 3 is 2.68 bits per heavy atom. The largest absolute Gasteiger partial charge is 0.389 e. The number of amides is 1. The number of hydrogen-bond donors (Lipinski definition) is 2. The van der Waals surface area contributed by atoms with Crippen molar-refractivity contribution in [3.8, 4) is 6.07 Å². The molecule has 2 aromatic carbocycles. The van der Waals surface area contributed by atoms with Crippen LogP contribution in [0.15, 0.2) is 54.2 Å². The maximum Gasteiger partial charge on any atom is 0.267 e. The molecule has 0 spiro atoms. The third kappa shape index (κ3) is 5.25. The maximum atomic E-state index is 12.2. The standard InChI is InChI=1S/C19H17Cl2N3O/c1-13-5-2-3-6-14(13)9-10-23-12-15(11-22)19(25)24-17-8-4-7-16(20)18(17)21/h2-8,12,23H,9-10H2,1H3,(H,24,25)/b15-12-. The normalized spacial score (nSPS) is 10.9. The molecule has 0 aliphatic carbocycles. The van der Waals surface area contributed by atoms with Gasteiger partial charge in [-0.2, -0.15) is 5.26 Å². The molecular weight excluding hydrogens is 357 g/mol. The first-order valence-electron chi connectivity index (χ1n) is 7.66. The number of halogens is 2. The molecule has 1 amide bonds. The smallest absolute Gasteiger partial charge is 0.267 e. The Morgan fingerprint density at radius 2 is 1.96 bits per heavy atom. The van der Waals surface area contributed by atoms with E-state index in [9.17, 15) is 10.1 Å². The molecule has 4 nitrogen and oxygen atoms in total. The minimum Gasteiger partial charge on any atom is -0.389 e. The average molecular weight is 374 g/mol. The van der Waals surface area contributed by atoms with Gasteiger partial charge in [0.2, 0.25) is 0 Å². The molecule has 0 radical (unpaired) electrons. The van der Waals surface area contributed by atoms with E-state index in [1.807, 2.05) is 31.2 Å². The molecule has 0 saturated carbocycles. The third-order valence-corrected chi connectivity index (χ3v) is 4.43. The lowest BCUT2D eigenvalue weighted by molar-refractivity contribution is -0.112. The first-order valence-corrected chi connectivity index (χ1v) is 8.42. The highest BCUT2D eigenvalue weighted by atomic mass is 35.5. The van der Waals surface area contributed by atoms with E-state index in [1.165, 1.54) is 17.3 Å². The van der Waals surface area contributed by atoms with Crippen molar-refractivity contribution in [2.24, 2.45) is 0 Å². The van der Waals surface area contributed by atoms with Crippen molar-refractivity contribution in [2.45, 2.75) is 13.3 Å². The second-order valence-electron chi connectivity index (χ2n) is 5.36. The summed E-state index contributed by atoms with van der Waals surface area (Å²) in [5, 5.41) is 15.3. The van der Waals surface area contributed by atoms with Crippen molar-refractivity contribution in [2.75, 3.05) is 11.9 Å². The summed E-state index contributed by atoms with van der Waals surface area (Å²) < 4.78 is 0. The highest BCUT2D eigenvalue weighted by molar-refractivity contribution is 6.44. The first-order chi connectivity index (χ1) is 12.0. The zero-order valence-electron chi connectivity index (χ0n) is 13.6. The van der Waals surface area contributed by atoms with Gasteiger partial charge in [0.15, 0.2) is 0 Å². The van der Waals surface area contributed by atoms with Crippen LogP contribution in [-0.2, 0) is 11.2 Å². The predicted octanol–water partition coefficient (Wildman–Crippen LogP) is 4.48. The number of benzene rings is 2. The molecule has 0 unspecified atom stereocenters. The molecule has 0 bridgehead atoms. The van der Waals surface area contributed by atoms with E-state index in [-0.39, 0.29) is 10.6 Å². The van der Waals surface area contributed by atoms with E-state index >= 15 is 0 Å². The molecular formula is C19H17Cl2N3O. The summed E-state index contributed by atoms with van der Waals surface area (Å²) in [6, 6.07) is 14.9. The van der Waals surface area contributed by atoms with Crippen LogP contribution in [0, 0.1) is 18.3 Å². The van der Waals surface area contributed by atoms with Crippen molar-refractivity contribution in [1.29, 1.82) is 5.26 Å². The number of carbonyl (C=O) groups excluding carboxylic acids is 1. The summed E-state index contributed by atoms with van der Waals surface area (Å²) in [7, 11) is 0. The van der Waals surface area contributed by atoms with Crippen LogP contribution in [-0.4, -0.2) is 12.5 Å². The molecule has 0 atom stereocenters. The number of nitrogens with one attached hydrogen (secondary N) is 2. The molecule has 0 fully saturated rings. The first kappa shape index (κ1) is 18.9. The monoisotopic (exact) mass is 373 g/mol. The summed E-state index contributed by atoms with van der Waals surface area (Å²) in [4.78, 5) is 12.2. The lowest BCUT2D eigenvalue weighted by atomic mass is 10.1. The molecule has 128 valence electrons. The summed E-state index contributed by atoms with van der Waals surface area (Å²) in [5.41, 5.74) is 2.75. The van der Waals surface area contributed by atoms with Gasteiger partial charge in [-0.05, 0) is 36.6 Å². The van der Waals surface area contributed by atoms with Crippen LogP contribution in [0.1, 0.15) is 11.1 Å². The number of nitrogens with zero attached hydrogens (tertiary/aromatic N) is 1. The minimum atomic E-state index is -0.546. The molecule has 0 heterocycles. The van der Waals surface area contributed by atoms with Crippen LogP contribution in [0.2, 0.25) is 10.0 Å². The molecule has 0 aliphatic heterocycles. The Labute approximate surface area is 157 Å². The van der Waals surface area contributed by atoms with E-state index in [0.29, 0.717) is 17.3 Å². The van der Waals surface area contributed by atoms with Crippen LogP contribution in [0.25, 0.3) is 0 Å². The summed E-state index contributed by atoms with van der Waals surface area (Å²) >= 11 is 11.9. The predicted molar refractivity (Wildman–Crippen MR) is 102 cm³/mol. The van der Waals surface area contributed by atoms with Crippen molar-refractivity contribution < 1.29 is 4.79 Å². The van der Waals surface area contributed by atoms with Crippen molar-refractivity contribution in [1.82, 2.24) is 5.32 Å². The summed E-state index contributed by atoms with van der Waals surface area (Å²) in [6.07, 6.45) is 2.20. The Morgan fingerprint density at radius 1 is 1.20 bits per heavy atom. The molecule has 2 N–H and O–H groups in total. The highest BCUT2D eigenvalue weighted by Gasteiger charge is 2.12. The Bertz CT molecular complexity index is 841. The second kappa shape index (κ2) is 9.12. The second-order valence-corrected chi connectivity index (χ2v) is 6.14. The number of rotatable bonds is 6. The molecule has 2 rings (SSSR count).